The number of amides is 1. The summed E-state index contributed by atoms with van der Waals surface area (Å²) in [4.78, 5) is 24.3. The molecule has 1 aromatic carbocycles. The number of carbonyl (C=O) groups excluding carboxylic acids is 2. The van der Waals surface area contributed by atoms with Crippen LogP contribution in [0, 0.1) is 0 Å². The van der Waals surface area contributed by atoms with Gasteiger partial charge in [-0.25, -0.2) is 0 Å². The molecule has 1 aromatic heterocycles. The number of hydrogen-bond acceptors (Lipinski definition) is 4. The van der Waals surface area contributed by atoms with E-state index in [1.165, 1.54) is 0 Å². The fraction of sp³-hybridized carbons (Fsp3) is 0.375. The molecule has 0 aliphatic heterocycles. The Balaban J connectivity index is 1.83. The minimum atomic E-state index is -0.247. The highest BCUT2D eigenvalue weighted by molar-refractivity contribution is 6.05. The maximum absolute atomic E-state index is 12.5. The second-order valence-corrected chi connectivity index (χ2v) is 5.43. The van der Waals surface area contributed by atoms with Crippen molar-refractivity contribution >= 4 is 11.7 Å². The van der Waals surface area contributed by atoms with E-state index in [1.807, 2.05) is 18.4 Å². The molecular weight excluding hydrogens is 280 g/mol. The van der Waals surface area contributed by atoms with Gasteiger partial charge in [-0.2, -0.15) is 0 Å². The van der Waals surface area contributed by atoms with Crippen LogP contribution in [0.25, 0.3) is 0 Å². The number of fused-ring (bicyclic) bond motifs is 1. The number of ketones is 1. The molecule has 0 fully saturated rings. The van der Waals surface area contributed by atoms with Gasteiger partial charge in [0.1, 0.15) is 6.33 Å². The first kappa shape index (κ1) is 14.4. The summed E-state index contributed by atoms with van der Waals surface area (Å²) in [5, 5.41) is 10.9. The Morgan fingerprint density at radius 1 is 1.41 bits per heavy atom. The van der Waals surface area contributed by atoms with Crippen molar-refractivity contribution in [1.82, 2.24) is 20.1 Å². The molecule has 0 saturated heterocycles. The molecular formula is C16H18N4O2. The Kier molecular flexibility index (Phi) is 3.75. The quantitative estimate of drug-likeness (QED) is 0.935. The smallest absolute Gasteiger partial charge is 0.252 e. The lowest BCUT2D eigenvalue weighted by molar-refractivity contribution is 0.0936. The van der Waals surface area contributed by atoms with E-state index in [2.05, 4.69) is 15.5 Å². The molecule has 1 unspecified atom stereocenters. The van der Waals surface area contributed by atoms with Crippen LogP contribution in [0.5, 0.6) is 0 Å². The number of hydrogen-bond donors (Lipinski definition) is 1. The van der Waals surface area contributed by atoms with Crippen LogP contribution in [0.4, 0.5) is 0 Å². The van der Waals surface area contributed by atoms with Crippen molar-refractivity contribution in [3.8, 4) is 0 Å². The van der Waals surface area contributed by atoms with Crippen LogP contribution in [0.15, 0.2) is 24.5 Å². The summed E-state index contributed by atoms with van der Waals surface area (Å²) in [6.45, 7) is 4.62. The largest absolute Gasteiger partial charge is 0.342 e. The third kappa shape index (κ3) is 2.41. The highest BCUT2D eigenvalue weighted by Gasteiger charge is 2.25. The highest BCUT2D eigenvalue weighted by Crippen LogP contribution is 2.25. The molecule has 1 aliphatic carbocycles. The minimum absolute atomic E-state index is 0.114. The third-order valence-electron chi connectivity index (χ3n) is 4.04. The number of rotatable bonds is 4. The zero-order chi connectivity index (χ0) is 15.7. The van der Waals surface area contributed by atoms with Gasteiger partial charge >= 0.3 is 0 Å². The van der Waals surface area contributed by atoms with Crippen LogP contribution in [-0.4, -0.2) is 26.5 Å². The van der Waals surface area contributed by atoms with Crippen molar-refractivity contribution in [1.29, 1.82) is 0 Å². The second-order valence-electron chi connectivity index (χ2n) is 5.43. The van der Waals surface area contributed by atoms with Gasteiger partial charge in [0.2, 0.25) is 0 Å². The fourth-order valence-electron chi connectivity index (χ4n) is 2.89. The lowest BCUT2D eigenvalue weighted by Gasteiger charge is -2.15. The van der Waals surface area contributed by atoms with E-state index in [1.54, 1.807) is 24.5 Å². The summed E-state index contributed by atoms with van der Waals surface area (Å²) in [7, 11) is 0. The molecule has 1 amide bonds. The molecule has 1 N–H and O–H groups in total. The van der Waals surface area contributed by atoms with Crippen LogP contribution >= 0.6 is 0 Å². The second kappa shape index (κ2) is 5.71. The molecule has 1 heterocycles. The molecule has 1 atom stereocenters. The molecule has 0 spiro atoms. The van der Waals surface area contributed by atoms with Crippen molar-refractivity contribution in [3.63, 3.8) is 0 Å². The molecule has 114 valence electrons. The fourth-order valence-corrected chi connectivity index (χ4v) is 2.89. The van der Waals surface area contributed by atoms with Crippen LogP contribution in [0.3, 0.4) is 0 Å². The molecule has 0 bridgehead atoms. The number of benzene rings is 1. The van der Waals surface area contributed by atoms with E-state index >= 15 is 0 Å². The van der Waals surface area contributed by atoms with Crippen LogP contribution in [0.1, 0.15) is 58.4 Å². The summed E-state index contributed by atoms with van der Waals surface area (Å²) in [6.07, 6.45) is 2.77. The number of nitrogens with zero attached hydrogens (tertiary/aromatic N) is 3. The molecule has 0 radical (unpaired) electrons. The van der Waals surface area contributed by atoms with E-state index in [9.17, 15) is 9.59 Å². The van der Waals surface area contributed by atoms with Crippen LogP contribution < -0.4 is 5.32 Å². The van der Waals surface area contributed by atoms with Crippen molar-refractivity contribution < 1.29 is 9.59 Å². The van der Waals surface area contributed by atoms with Gasteiger partial charge in [0, 0.05) is 24.1 Å². The van der Waals surface area contributed by atoms with Gasteiger partial charge in [-0.1, -0.05) is 12.1 Å². The summed E-state index contributed by atoms with van der Waals surface area (Å²) >= 11 is 0. The summed E-state index contributed by atoms with van der Waals surface area (Å²) in [6, 6.07) is 5.07. The minimum Gasteiger partial charge on any atom is -0.342 e. The van der Waals surface area contributed by atoms with Gasteiger partial charge in [-0.15, -0.1) is 10.2 Å². The molecule has 1 aliphatic rings. The van der Waals surface area contributed by atoms with Gasteiger partial charge in [-0.05, 0) is 31.9 Å². The predicted molar refractivity (Wildman–Crippen MR) is 80.7 cm³/mol. The average molecular weight is 298 g/mol. The first-order valence-corrected chi connectivity index (χ1v) is 7.45. The maximum atomic E-state index is 12.5. The maximum Gasteiger partial charge on any atom is 0.252 e. The van der Waals surface area contributed by atoms with Crippen LogP contribution in [0.2, 0.25) is 0 Å². The Morgan fingerprint density at radius 2 is 2.23 bits per heavy atom. The topological polar surface area (TPSA) is 76.9 Å². The average Bonchev–Trinajstić information content (AvgIpc) is 3.14. The van der Waals surface area contributed by atoms with Crippen molar-refractivity contribution in [2.24, 2.45) is 0 Å². The van der Waals surface area contributed by atoms with Gasteiger partial charge < -0.3 is 9.88 Å². The number of carbonyl (C=O) groups is 2. The normalized spacial score (nSPS) is 14.7. The molecule has 2 aromatic rings. The van der Waals surface area contributed by atoms with Crippen molar-refractivity contribution in [2.45, 2.75) is 39.3 Å². The van der Waals surface area contributed by atoms with Crippen molar-refractivity contribution in [3.05, 3.63) is 47.0 Å². The Morgan fingerprint density at radius 3 is 3.00 bits per heavy atom. The Hall–Kier alpha value is -2.50. The first-order valence-electron chi connectivity index (χ1n) is 7.45. The van der Waals surface area contributed by atoms with Gasteiger partial charge in [-0.3, -0.25) is 9.59 Å². The monoisotopic (exact) mass is 298 g/mol. The number of aryl methyl sites for hydroxylation is 1. The first-order chi connectivity index (χ1) is 10.6. The van der Waals surface area contributed by atoms with E-state index in [-0.39, 0.29) is 17.7 Å². The summed E-state index contributed by atoms with van der Waals surface area (Å²) in [5.74, 6) is 0.660. The van der Waals surface area contributed by atoms with E-state index < -0.39 is 0 Å². The predicted octanol–water partition coefficient (Wildman–Crippen LogP) is 1.92. The molecule has 3 rings (SSSR count). The lowest BCUT2D eigenvalue weighted by atomic mass is 10.0. The number of aromatic nitrogens is 3. The summed E-state index contributed by atoms with van der Waals surface area (Å²) < 4.78 is 1.89. The Labute approximate surface area is 128 Å². The molecule has 22 heavy (non-hydrogen) atoms. The summed E-state index contributed by atoms with van der Waals surface area (Å²) in [5.41, 5.74) is 2.11. The number of Topliss-reactive ketones (excluding diaryl/α,β-unsaturated/α-hetero) is 1. The van der Waals surface area contributed by atoms with Gasteiger partial charge in [0.05, 0.1) is 6.04 Å². The zero-order valence-corrected chi connectivity index (χ0v) is 12.7. The van der Waals surface area contributed by atoms with Gasteiger partial charge in [0.25, 0.3) is 5.91 Å². The SMILES string of the molecule is CCn1cnnc1C(C)NC(=O)c1cccc2c1CCC2=O. The Bertz CT molecular complexity index is 735. The highest BCUT2D eigenvalue weighted by atomic mass is 16.1. The van der Waals surface area contributed by atoms with Gasteiger partial charge in [0.15, 0.2) is 11.6 Å². The van der Waals surface area contributed by atoms with Crippen molar-refractivity contribution in [2.75, 3.05) is 0 Å². The lowest BCUT2D eigenvalue weighted by Crippen LogP contribution is -2.29. The molecule has 6 nitrogen and oxygen atoms in total. The van der Waals surface area contributed by atoms with Crippen LogP contribution in [-0.2, 0) is 13.0 Å². The third-order valence-corrected chi connectivity index (χ3v) is 4.04. The van der Waals surface area contributed by atoms with E-state index in [0.29, 0.717) is 24.0 Å². The molecule has 0 saturated carbocycles. The van der Waals surface area contributed by atoms with E-state index in [0.717, 1.165) is 17.9 Å². The standard InChI is InChI=1S/C16H18N4O2/c1-3-20-9-17-19-15(20)10(2)18-16(22)13-6-4-5-12-11(13)7-8-14(12)21/h4-6,9-10H,3,7-8H2,1-2H3,(H,18,22). The van der Waals surface area contributed by atoms with E-state index in [4.69, 9.17) is 0 Å². The molecule has 6 heteroatoms. The number of nitrogens with one attached hydrogen (secondary N) is 1. The zero-order valence-electron chi connectivity index (χ0n) is 12.7.